The molecule has 1 aromatic carbocycles. The predicted octanol–water partition coefficient (Wildman–Crippen LogP) is 3.22. The number of rotatable bonds is 5. The molecule has 0 saturated carbocycles. The zero-order valence-electron chi connectivity index (χ0n) is 10.4. The predicted molar refractivity (Wildman–Crippen MR) is 65.5 cm³/mol. The van der Waals surface area contributed by atoms with Gasteiger partial charge in [-0.25, -0.2) is 0 Å². The van der Waals surface area contributed by atoms with Crippen LogP contribution in [0.4, 0.5) is 18.9 Å². The van der Waals surface area contributed by atoms with Gasteiger partial charge < -0.3 is 14.8 Å². The number of nitrogens with one attached hydrogen (secondary N) is 1. The van der Waals surface area contributed by atoms with E-state index < -0.39 is 12.8 Å². The van der Waals surface area contributed by atoms with Crippen molar-refractivity contribution in [3.63, 3.8) is 0 Å². The van der Waals surface area contributed by atoms with Crippen LogP contribution in [0.1, 0.15) is 12.8 Å². The Morgan fingerprint density at radius 1 is 1.26 bits per heavy atom. The highest BCUT2D eigenvalue weighted by molar-refractivity contribution is 5.46. The lowest BCUT2D eigenvalue weighted by Gasteiger charge is -2.13. The van der Waals surface area contributed by atoms with E-state index in [4.69, 9.17) is 4.74 Å². The van der Waals surface area contributed by atoms with E-state index in [1.807, 2.05) is 0 Å². The van der Waals surface area contributed by atoms with Gasteiger partial charge in [-0.2, -0.15) is 13.2 Å². The lowest BCUT2D eigenvalue weighted by molar-refractivity contribution is -0.153. The molecule has 1 heterocycles. The van der Waals surface area contributed by atoms with E-state index in [-0.39, 0.29) is 11.9 Å². The highest BCUT2D eigenvalue weighted by Crippen LogP contribution is 2.20. The van der Waals surface area contributed by atoms with Gasteiger partial charge in [0.25, 0.3) is 0 Å². The second kappa shape index (κ2) is 6.14. The number of ether oxygens (including phenoxy) is 2. The second-order valence-corrected chi connectivity index (χ2v) is 4.44. The Bertz CT molecular complexity index is 386. The monoisotopic (exact) mass is 275 g/mol. The van der Waals surface area contributed by atoms with Crippen LogP contribution in [0.2, 0.25) is 0 Å². The summed E-state index contributed by atoms with van der Waals surface area (Å²) in [6.07, 6.45) is -1.96. The SMILES string of the molecule is FC(F)(F)COc1ccc(NCC2CCCO2)cc1. The minimum atomic E-state index is -4.31. The van der Waals surface area contributed by atoms with Gasteiger partial charge >= 0.3 is 6.18 Å². The van der Waals surface area contributed by atoms with Crippen LogP contribution in [0.5, 0.6) is 5.75 Å². The molecule has 1 N–H and O–H groups in total. The lowest BCUT2D eigenvalue weighted by Crippen LogP contribution is -2.19. The summed E-state index contributed by atoms with van der Waals surface area (Å²) in [7, 11) is 0. The molecule has 0 radical (unpaired) electrons. The van der Waals surface area contributed by atoms with Crippen LogP contribution >= 0.6 is 0 Å². The van der Waals surface area contributed by atoms with E-state index in [1.54, 1.807) is 12.1 Å². The van der Waals surface area contributed by atoms with Gasteiger partial charge in [-0.3, -0.25) is 0 Å². The molecular formula is C13H16F3NO2. The number of alkyl halides is 3. The first kappa shape index (κ1) is 14.0. The molecule has 6 heteroatoms. The van der Waals surface area contributed by atoms with Crippen LogP contribution in [-0.4, -0.2) is 32.0 Å². The van der Waals surface area contributed by atoms with E-state index in [0.29, 0.717) is 6.54 Å². The molecule has 1 saturated heterocycles. The third kappa shape index (κ3) is 4.98. The maximum absolute atomic E-state index is 12.0. The summed E-state index contributed by atoms with van der Waals surface area (Å²) in [5.41, 5.74) is 0.842. The van der Waals surface area contributed by atoms with Gasteiger partial charge in [-0.15, -0.1) is 0 Å². The summed E-state index contributed by atoms with van der Waals surface area (Å²) < 4.78 is 46.0. The topological polar surface area (TPSA) is 30.5 Å². The zero-order valence-corrected chi connectivity index (χ0v) is 10.4. The summed E-state index contributed by atoms with van der Waals surface area (Å²) in [4.78, 5) is 0. The fourth-order valence-corrected chi connectivity index (χ4v) is 1.87. The molecule has 1 atom stereocenters. The Morgan fingerprint density at radius 2 is 2.00 bits per heavy atom. The summed E-state index contributed by atoms with van der Waals surface area (Å²) in [5.74, 6) is 0.208. The number of hydrogen-bond acceptors (Lipinski definition) is 3. The number of hydrogen-bond donors (Lipinski definition) is 1. The molecule has 0 aliphatic carbocycles. The van der Waals surface area contributed by atoms with Crippen molar-refractivity contribution in [3.05, 3.63) is 24.3 Å². The third-order valence-electron chi connectivity index (χ3n) is 2.81. The van der Waals surface area contributed by atoms with E-state index >= 15 is 0 Å². The summed E-state index contributed by atoms with van der Waals surface area (Å²) in [6.45, 7) is 0.245. The van der Waals surface area contributed by atoms with Crippen LogP contribution < -0.4 is 10.1 Å². The van der Waals surface area contributed by atoms with Gasteiger partial charge in [0.15, 0.2) is 6.61 Å². The molecule has 0 aromatic heterocycles. The smallest absolute Gasteiger partial charge is 0.422 e. The molecule has 0 spiro atoms. The Hall–Kier alpha value is -1.43. The maximum Gasteiger partial charge on any atom is 0.422 e. The molecule has 3 nitrogen and oxygen atoms in total. The minimum absolute atomic E-state index is 0.208. The molecule has 2 rings (SSSR count). The van der Waals surface area contributed by atoms with Crippen molar-refractivity contribution in [2.75, 3.05) is 25.1 Å². The van der Waals surface area contributed by atoms with Gasteiger partial charge in [0, 0.05) is 18.8 Å². The van der Waals surface area contributed by atoms with Crippen LogP contribution in [0.3, 0.4) is 0 Å². The summed E-state index contributed by atoms with van der Waals surface area (Å²) in [5, 5.41) is 3.18. The second-order valence-electron chi connectivity index (χ2n) is 4.44. The molecule has 1 unspecified atom stereocenters. The van der Waals surface area contributed by atoms with Crippen LogP contribution in [0, 0.1) is 0 Å². The summed E-state index contributed by atoms with van der Waals surface area (Å²) >= 11 is 0. The van der Waals surface area contributed by atoms with Gasteiger partial charge in [0.05, 0.1) is 6.10 Å². The van der Waals surface area contributed by atoms with Crippen molar-refractivity contribution in [1.82, 2.24) is 0 Å². The highest BCUT2D eigenvalue weighted by atomic mass is 19.4. The Labute approximate surface area is 109 Å². The van der Waals surface area contributed by atoms with Gasteiger partial charge in [-0.1, -0.05) is 0 Å². The number of benzene rings is 1. The largest absolute Gasteiger partial charge is 0.484 e. The normalized spacial score (nSPS) is 19.4. The first-order valence-electron chi connectivity index (χ1n) is 6.18. The fourth-order valence-electron chi connectivity index (χ4n) is 1.87. The van der Waals surface area contributed by atoms with Gasteiger partial charge in [-0.05, 0) is 37.1 Å². The van der Waals surface area contributed by atoms with Gasteiger partial charge in [0.1, 0.15) is 5.75 Å². The van der Waals surface area contributed by atoms with E-state index in [2.05, 4.69) is 10.1 Å². The molecule has 1 fully saturated rings. The van der Waals surface area contributed by atoms with Crippen molar-refractivity contribution in [1.29, 1.82) is 0 Å². The molecule has 0 bridgehead atoms. The number of anilines is 1. The highest BCUT2D eigenvalue weighted by Gasteiger charge is 2.28. The zero-order chi connectivity index (χ0) is 13.7. The van der Waals surface area contributed by atoms with E-state index in [9.17, 15) is 13.2 Å². The van der Waals surface area contributed by atoms with Crippen molar-refractivity contribution in [3.8, 4) is 5.75 Å². The quantitative estimate of drug-likeness (QED) is 0.895. The van der Waals surface area contributed by atoms with Crippen molar-refractivity contribution in [2.24, 2.45) is 0 Å². The average molecular weight is 275 g/mol. The standard InChI is InChI=1S/C13H16F3NO2/c14-13(15,16)9-19-11-5-3-10(4-6-11)17-8-12-2-1-7-18-12/h3-6,12,17H,1-2,7-9H2. The van der Waals surface area contributed by atoms with Crippen LogP contribution in [0.15, 0.2) is 24.3 Å². The minimum Gasteiger partial charge on any atom is -0.484 e. The van der Waals surface area contributed by atoms with E-state index in [1.165, 1.54) is 12.1 Å². The average Bonchev–Trinajstić information content (AvgIpc) is 2.87. The van der Waals surface area contributed by atoms with Gasteiger partial charge in [0.2, 0.25) is 0 Å². The van der Waals surface area contributed by atoms with Crippen molar-refractivity contribution >= 4 is 5.69 Å². The van der Waals surface area contributed by atoms with Crippen molar-refractivity contribution < 1.29 is 22.6 Å². The lowest BCUT2D eigenvalue weighted by atomic mass is 10.2. The molecule has 106 valence electrons. The maximum atomic E-state index is 12.0. The first-order chi connectivity index (χ1) is 9.03. The third-order valence-corrected chi connectivity index (χ3v) is 2.81. The van der Waals surface area contributed by atoms with Crippen molar-refractivity contribution in [2.45, 2.75) is 25.1 Å². The Kier molecular flexibility index (Phi) is 4.52. The molecule has 0 amide bonds. The van der Waals surface area contributed by atoms with E-state index in [0.717, 1.165) is 25.1 Å². The molecule has 19 heavy (non-hydrogen) atoms. The Morgan fingerprint density at radius 3 is 2.58 bits per heavy atom. The first-order valence-corrected chi connectivity index (χ1v) is 6.18. The number of halogens is 3. The van der Waals surface area contributed by atoms with Crippen LogP contribution in [0.25, 0.3) is 0 Å². The molecule has 1 aromatic rings. The molecule has 1 aliphatic heterocycles. The molecule has 1 aliphatic rings. The fraction of sp³-hybridized carbons (Fsp3) is 0.538. The molecular weight excluding hydrogens is 259 g/mol. The summed E-state index contributed by atoms with van der Waals surface area (Å²) in [6, 6.07) is 6.43. The van der Waals surface area contributed by atoms with Crippen LogP contribution in [-0.2, 0) is 4.74 Å². The Balaban J connectivity index is 1.77.